The molecule has 1 aliphatic rings. The summed E-state index contributed by atoms with van der Waals surface area (Å²) in [5, 5.41) is 5.07. The summed E-state index contributed by atoms with van der Waals surface area (Å²) in [7, 11) is -1.70. The van der Waals surface area contributed by atoms with E-state index in [1.807, 2.05) is 19.3 Å². The van der Waals surface area contributed by atoms with E-state index in [-0.39, 0.29) is 5.04 Å². The Labute approximate surface area is 181 Å². The van der Waals surface area contributed by atoms with Gasteiger partial charge in [-0.15, -0.1) is 0 Å². The molecule has 2 heterocycles. The van der Waals surface area contributed by atoms with Gasteiger partial charge < -0.3 is 9.74 Å². The molecule has 0 atom stereocenters. The van der Waals surface area contributed by atoms with Crippen molar-refractivity contribution in [3.8, 4) is 5.95 Å². The molecule has 1 saturated carbocycles. The summed E-state index contributed by atoms with van der Waals surface area (Å²) in [5.41, 5.74) is 4.88. The zero-order chi connectivity index (χ0) is 21.5. The lowest BCUT2D eigenvalue weighted by Gasteiger charge is -2.36. The van der Waals surface area contributed by atoms with Crippen molar-refractivity contribution in [1.82, 2.24) is 14.5 Å². The minimum absolute atomic E-state index is 0.242. The summed E-state index contributed by atoms with van der Waals surface area (Å²) in [5.74, 6) is 1.37. The minimum atomic E-state index is -1.70. The average molecular weight is 423 g/mol. The van der Waals surface area contributed by atoms with Gasteiger partial charge in [0.25, 0.3) is 0 Å². The molecular formula is C24H34N4OSi. The Hall–Kier alpha value is -2.18. The fraction of sp³-hybridized carbons (Fsp3) is 0.500. The van der Waals surface area contributed by atoms with E-state index in [9.17, 15) is 0 Å². The van der Waals surface area contributed by atoms with Gasteiger partial charge in [0.05, 0.1) is 12.1 Å². The van der Waals surface area contributed by atoms with Crippen LogP contribution in [0.5, 0.6) is 0 Å². The van der Waals surface area contributed by atoms with Crippen LogP contribution in [0, 0.1) is 6.92 Å². The van der Waals surface area contributed by atoms with Crippen molar-refractivity contribution < 1.29 is 4.43 Å². The van der Waals surface area contributed by atoms with Crippen molar-refractivity contribution in [2.24, 2.45) is 0 Å². The van der Waals surface area contributed by atoms with Gasteiger partial charge in [-0.05, 0) is 73.1 Å². The summed E-state index contributed by atoms with van der Waals surface area (Å²) in [6.45, 7) is 15.0. The van der Waals surface area contributed by atoms with Crippen molar-refractivity contribution >= 4 is 24.9 Å². The number of aryl methyl sites for hydroxylation is 1. The van der Waals surface area contributed by atoms with Gasteiger partial charge in [0.15, 0.2) is 8.32 Å². The number of benzene rings is 1. The first-order valence-corrected chi connectivity index (χ1v) is 13.9. The largest absolute Gasteiger partial charge is 0.415 e. The van der Waals surface area contributed by atoms with Crippen LogP contribution in [0.1, 0.15) is 50.7 Å². The van der Waals surface area contributed by atoms with Crippen LogP contribution in [-0.4, -0.2) is 36.0 Å². The first-order chi connectivity index (χ1) is 14.2. The third kappa shape index (κ3) is 4.30. The van der Waals surface area contributed by atoms with Crippen molar-refractivity contribution in [2.75, 3.05) is 18.5 Å². The standard InChI is InChI=1S/C24H34N4OSi/c1-17-15-26-23(27-16-17)28-11-9-19-13-20(14-21(22(19)28)18-7-8-18)25-10-12-29-30(5,6)24(2,3)4/h9,11,13-16,18,25H,7-8,10,12H2,1-6H3. The third-order valence-electron chi connectivity index (χ3n) is 6.51. The van der Waals surface area contributed by atoms with Crippen LogP contribution in [0.2, 0.25) is 18.1 Å². The Balaban J connectivity index is 1.54. The molecule has 0 radical (unpaired) electrons. The monoisotopic (exact) mass is 422 g/mol. The molecule has 5 nitrogen and oxygen atoms in total. The first-order valence-electron chi connectivity index (χ1n) is 11.0. The first kappa shape index (κ1) is 21.1. The second-order valence-corrected chi connectivity index (χ2v) is 14.9. The molecule has 0 amide bonds. The lowest BCUT2D eigenvalue weighted by atomic mass is 10.1. The van der Waals surface area contributed by atoms with Crippen molar-refractivity contribution in [3.05, 3.63) is 47.9 Å². The normalized spacial score (nSPS) is 15.0. The summed E-state index contributed by atoms with van der Waals surface area (Å²) in [6, 6.07) is 6.72. The Morgan fingerprint density at radius 2 is 1.87 bits per heavy atom. The van der Waals surface area contributed by atoms with Gasteiger partial charge in [-0.1, -0.05) is 20.8 Å². The Morgan fingerprint density at radius 1 is 1.17 bits per heavy atom. The molecule has 1 aromatic carbocycles. The van der Waals surface area contributed by atoms with Gasteiger partial charge in [0.2, 0.25) is 5.95 Å². The highest BCUT2D eigenvalue weighted by molar-refractivity contribution is 6.74. The van der Waals surface area contributed by atoms with Crippen molar-refractivity contribution in [3.63, 3.8) is 0 Å². The van der Waals surface area contributed by atoms with E-state index in [2.05, 4.69) is 78.1 Å². The number of hydrogen-bond donors (Lipinski definition) is 1. The summed E-state index contributed by atoms with van der Waals surface area (Å²) < 4.78 is 8.45. The zero-order valence-electron chi connectivity index (χ0n) is 19.1. The van der Waals surface area contributed by atoms with E-state index in [0.717, 1.165) is 24.7 Å². The number of aromatic nitrogens is 3. The number of fused-ring (bicyclic) bond motifs is 1. The molecule has 0 unspecified atom stereocenters. The van der Waals surface area contributed by atoms with Crippen molar-refractivity contribution in [1.29, 1.82) is 0 Å². The van der Waals surface area contributed by atoms with Crippen LogP contribution >= 0.6 is 0 Å². The predicted octanol–water partition coefficient (Wildman–Crippen LogP) is 6.04. The summed E-state index contributed by atoms with van der Waals surface area (Å²) >= 11 is 0. The van der Waals surface area contributed by atoms with E-state index in [1.165, 1.54) is 35.0 Å². The molecule has 6 heteroatoms. The second-order valence-electron chi connectivity index (χ2n) is 10.1. The van der Waals surface area contributed by atoms with Crippen molar-refractivity contribution in [2.45, 2.75) is 64.6 Å². The van der Waals surface area contributed by atoms with Crippen LogP contribution < -0.4 is 5.32 Å². The Bertz CT molecular complexity index is 1030. The number of rotatable bonds is 7. The molecule has 1 fully saturated rings. The number of nitrogens with zero attached hydrogens (tertiary/aromatic N) is 3. The molecule has 2 aromatic heterocycles. The fourth-order valence-electron chi connectivity index (χ4n) is 3.52. The molecule has 0 aliphatic heterocycles. The lowest BCUT2D eigenvalue weighted by Crippen LogP contribution is -2.41. The molecule has 1 N–H and O–H groups in total. The van der Waals surface area contributed by atoms with Gasteiger partial charge in [0.1, 0.15) is 0 Å². The zero-order valence-corrected chi connectivity index (χ0v) is 20.1. The maximum atomic E-state index is 6.32. The predicted molar refractivity (Wildman–Crippen MR) is 127 cm³/mol. The Morgan fingerprint density at radius 3 is 2.50 bits per heavy atom. The maximum absolute atomic E-state index is 6.32. The van der Waals surface area contributed by atoms with Gasteiger partial charge in [0, 0.05) is 36.2 Å². The third-order valence-corrected chi connectivity index (χ3v) is 11.1. The number of anilines is 1. The molecule has 0 saturated heterocycles. The molecular weight excluding hydrogens is 388 g/mol. The van der Waals surface area contributed by atoms with Gasteiger partial charge in [-0.2, -0.15) is 0 Å². The molecule has 30 heavy (non-hydrogen) atoms. The van der Waals surface area contributed by atoms with E-state index in [0.29, 0.717) is 5.92 Å². The maximum Gasteiger partial charge on any atom is 0.234 e. The Kier molecular flexibility index (Phi) is 5.49. The molecule has 160 valence electrons. The van der Waals surface area contributed by atoms with Crippen LogP contribution in [0.4, 0.5) is 5.69 Å². The molecule has 1 aliphatic carbocycles. The molecule has 0 bridgehead atoms. The quantitative estimate of drug-likeness (QED) is 0.372. The van der Waals surface area contributed by atoms with E-state index >= 15 is 0 Å². The topological polar surface area (TPSA) is 52.0 Å². The van der Waals surface area contributed by atoms with Crippen LogP contribution in [0.3, 0.4) is 0 Å². The molecule has 4 rings (SSSR count). The molecule has 0 spiro atoms. The highest BCUT2D eigenvalue weighted by Crippen LogP contribution is 2.45. The smallest absolute Gasteiger partial charge is 0.234 e. The average Bonchev–Trinajstić information content (AvgIpc) is 3.44. The van der Waals surface area contributed by atoms with E-state index in [1.54, 1.807) is 0 Å². The van der Waals surface area contributed by atoms with Crippen LogP contribution in [0.25, 0.3) is 16.9 Å². The van der Waals surface area contributed by atoms with Gasteiger partial charge >= 0.3 is 0 Å². The summed E-state index contributed by atoms with van der Waals surface area (Å²) in [4.78, 5) is 9.08. The highest BCUT2D eigenvalue weighted by Gasteiger charge is 2.36. The molecule has 3 aromatic rings. The minimum Gasteiger partial charge on any atom is -0.415 e. The van der Waals surface area contributed by atoms with Gasteiger partial charge in [-0.25, -0.2) is 9.97 Å². The van der Waals surface area contributed by atoms with Crippen LogP contribution in [-0.2, 0) is 4.43 Å². The SMILES string of the molecule is Cc1cnc(-n2ccc3cc(NCCO[Si](C)(C)C(C)(C)C)cc(C4CC4)c32)nc1. The lowest BCUT2D eigenvalue weighted by molar-refractivity contribution is 0.301. The van der Waals surface area contributed by atoms with E-state index in [4.69, 9.17) is 4.43 Å². The number of hydrogen-bond acceptors (Lipinski definition) is 4. The van der Waals surface area contributed by atoms with Gasteiger partial charge in [-0.3, -0.25) is 4.57 Å². The second kappa shape index (κ2) is 7.82. The summed E-state index contributed by atoms with van der Waals surface area (Å²) in [6.07, 6.45) is 8.36. The van der Waals surface area contributed by atoms with E-state index < -0.39 is 8.32 Å². The highest BCUT2D eigenvalue weighted by atomic mass is 28.4. The number of nitrogens with one attached hydrogen (secondary N) is 1. The fourth-order valence-corrected chi connectivity index (χ4v) is 4.56. The van der Waals surface area contributed by atoms with Crippen LogP contribution in [0.15, 0.2) is 36.8 Å².